The molecule has 1 aromatic carbocycles. The van der Waals surface area contributed by atoms with E-state index in [-0.39, 0.29) is 5.91 Å². The summed E-state index contributed by atoms with van der Waals surface area (Å²) in [6.45, 7) is 0. The third kappa shape index (κ3) is 1.37. The number of carbonyl (C=O) groups excluding carboxylic acids is 1. The molecule has 0 bridgehead atoms. The first-order valence-corrected chi connectivity index (χ1v) is 4.48. The Morgan fingerprint density at radius 2 is 2.23 bits per heavy atom. The van der Waals surface area contributed by atoms with Gasteiger partial charge in [0.1, 0.15) is 11.1 Å². The Morgan fingerprint density at radius 1 is 1.46 bits per heavy atom. The van der Waals surface area contributed by atoms with E-state index in [1.807, 2.05) is 6.07 Å². The van der Waals surface area contributed by atoms with Gasteiger partial charge in [-0.15, -0.1) is 0 Å². The average Bonchev–Trinajstić information content (AvgIpc) is 2.43. The molecule has 1 amide bonds. The third-order valence-corrected chi connectivity index (χ3v) is 2.25. The summed E-state index contributed by atoms with van der Waals surface area (Å²) < 4.78 is 5.97. The molecule has 1 aliphatic heterocycles. The molecular formula is C9H6BrNO2. The van der Waals surface area contributed by atoms with Crippen LogP contribution in [0.15, 0.2) is 21.6 Å². The van der Waals surface area contributed by atoms with Gasteiger partial charge in [0.2, 0.25) is 0 Å². The summed E-state index contributed by atoms with van der Waals surface area (Å²) in [5.74, 6) is 0.387. The van der Waals surface area contributed by atoms with Gasteiger partial charge in [-0.05, 0) is 12.1 Å². The van der Waals surface area contributed by atoms with Gasteiger partial charge in [-0.25, -0.2) is 4.99 Å². The monoisotopic (exact) mass is 239 g/mol. The predicted molar refractivity (Wildman–Crippen MR) is 50.9 cm³/mol. The summed E-state index contributed by atoms with van der Waals surface area (Å²) in [7, 11) is 1.56. The van der Waals surface area contributed by atoms with E-state index in [9.17, 15) is 4.79 Å². The van der Waals surface area contributed by atoms with Gasteiger partial charge >= 0.3 is 0 Å². The fourth-order valence-electron chi connectivity index (χ4n) is 1.26. The third-order valence-electron chi connectivity index (χ3n) is 1.79. The summed E-state index contributed by atoms with van der Waals surface area (Å²) in [5.41, 5.74) is 0. The molecule has 3 nitrogen and oxygen atoms in total. The van der Waals surface area contributed by atoms with Crippen LogP contribution >= 0.6 is 15.9 Å². The van der Waals surface area contributed by atoms with E-state index in [1.165, 1.54) is 6.08 Å². The number of nitrogens with zero attached hydrogens (tertiary/aromatic N) is 1. The van der Waals surface area contributed by atoms with E-state index in [1.54, 1.807) is 13.2 Å². The fraction of sp³-hybridized carbons (Fsp3) is 0.111. The van der Waals surface area contributed by atoms with Crippen LogP contribution in [0.2, 0.25) is 0 Å². The molecule has 0 N–H and O–H groups in total. The summed E-state index contributed by atoms with van der Waals surface area (Å²) >= 11 is 3.32. The Labute approximate surface area is 82.9 Å². The van der Waals surface area contributed by atoms with E-state index < -0.39 is 0 Å². The number of carbonyl (C=O) groups is 1. The minimum Gasteiger partial charge on any atom is -0.494 e. The molecule has 0 spiro atoms. The van der Waals surface area contributed by atoms with Crippen LogP contribution < -0.4 is 15.3 Å². The largest absolute Gasteiger partial charge is 0.494 e. The van der Waals surface area contributed by atoms with Crippen molar-refractivity contribution in [3.8, 4) is 5.75 Å². The first kappa shape index (κ1) is 8.44. The normalized spacial score (nSPS) is 13.2. The molecule has 13 heavy (non-hydrogen) atoms. The van der Waals surface area contributed by atoms with Crippen molar-refractivity contribution in [2.24, 2.45) is 4.99 Å². The van der Waals surface area contributed by atoms with Gasteiger partial charge in [-0.1, -0.05) is 15.9 Å². The van der Waals surface area contributed by atoms with E-state index >= 15 is 0 Å². The molecule has 0 saturated heterocycles. The lowest BCUT2D eigenvalue weighted by Gasteiger charge is -1.98. The predicted octanol–water partition coefficient (Wildman–Crippen LogP) is 0.398. The van der Waals surface area contributed by atoms with Crippen molar-refractivity contribution in [3.05, 3.63) is 27.2 Å². The smallest absolute Gasteiger partial charge is 0.271 e. The molecule has 4 heteroatoms. The SMILES string of the molecule is COc1cc(Br)cc2c1=NC(=O)C=2. The van der Waals surface area contributed by atoms with E-state index in [4.69, 9.17) is 4.74 Å². The molecule has 0 radical (unpaired) electrons. The van der Waals surface area contributed by atoms with Crippen LogP contribution in [0.4, 0.5) is 0 Å². The van der Waals surface area contributed by atoms with Gasteiger partial charge in [0, 0.05) is 15.8 Å². The second kappa shape index (κ2) is 2.96. The molecule has 0 aromatic heterocycles. The molecule has 1 heterocycles. The van der Waals surface area contributed by atoms with Gasteiger partial charge in [0.15, 0.2) is 0 Å². The number of ether oxygens (including phenoxy) is 1. The van der Waals surface area contributed by atoms with Crippen LogP contribution in [0, 0.1) is 0 Å². The molecule has 1 aromatic rings. The zero-order chi connectivity index (χ0) is 9.42. The molecule has 0 aliphatic carbocycles. The van der Waals surface area contributed by atoms with Crippen molar-refractivity contribution in [1.82, 2.24) is 0 Å². The lowest BCUT2D eigenvalue weighted by molar-refractivity contribution is -0.112. The molecule has 0 unspecified atom stereocenters. The molecule has 1 aliphatic rings. The maximum atomic E-state index is 11.0. The van der Waals surface area contributed by atoms with Crippen molar-refractivity contribution < 1.29 is 9.53 Å². The second-order valence-corrected chi connectivity index (χ2v) is 3.56. The van der Waals surface area contributed by atoms with Crippen LogP contribution in [-0.2, 0) is 4.79 Å². The standard InChI is InChI=1S/C9H6BrNO2/c1-13-7-4-6(10)2-5-3-8(12)11-9(5)7/h2-4H,1H3. The van der Waals surface area contributed by atoms with Crippen molar-refractivity contribution in [2.75, 3.05) is 7.11 Å². The maximum Gasteiger partial charge on any atom is 0.271 e. The minimum absolute atomic E-state index is 0.230. The number of fused-ring (bicyclic) bond motifs is 1. The number of rotatable bonds is 1. The lowest BCUT2D eigenvalue weighted by Crippen LogP contribution is -2.23. The minimum atomic E-state index is -0.230. The lowest BCUT2D eigenvalue weighted by atomic mass is 10.3. The number of methoxy groups -OCH3 is 1. The summed E-state index contributed by atoms with van der Waals surface area (Å²) in [4.78, 5) is 14.8. The molecule has 2 rings (SSSR count). The zero-order valence-electron chi connectivity index (χ0n) is 6.87. The van der Waals surface area contributed by atoms with Gasteiger partial charge < -0.3 is 4.74 Å². The summed E-state index contributed by atoms with van der Waals surface area (Å²) in [6.07, 6.45) is 1.49. The molecular weight excluding hydrogens is 234 g/mol. The summed E-state index contributed by atoms with van der Waals surface area (Å²) in [5, 5.41) is 1.42. The average molecular weight is 240 g/mol. The highest BCUT2D eigenvalue weighted by Crippen LogP contribution is 2.11. The number of halogens is 1. The number of benzene rings is 1. The Bertz CT molecular complexity index is 493. The van der Waals surface area contributed by atoms with Crippen LogP contribution in [0.1, 0.15) is 0 Å². The Kier molecular flexibility index (Phi) is 1.92. The van der Waals surface area contributed by atoms with Gasteiger partial charge in [-0.3, -0.25) is 4.79 Å². The Morgan fingerprint density at radius 3 is 2.92 bits per heavy atom. The quantitative estimate of drug-likeness (QED) is 0.712. The van der Waals surface area contributed by atoms with Crippen LogP contribution in [0.5, 0.6) is 5.75 Å². The van der Waals surface area contributed by atoms with Crippen molar-refractivity contribution >= 4 is 27.9 Å². The molecule has 0 fully saturated rings. The number of hydrogen-bond donors (Lipinski definition) is 0. The highest BCUT2D eigenvalue weighted by Gasteiger charge is 2.08. The van der Waals surface area contributed by atoms with E-state index in [0.29, 0.717) is 11.1 Å². The summed E-state index contributed by atoms with van der Waals surface area (Å²) in [6, 6.07) is 3.63. The number of amides is 1. The van der Waals surface area contributed by atoms with Crippen molar-refractivity contribution in [1.29, 1.82) is 0 Å². The molecule has 0 atom stereocenters. The zero-order valence-corrected chi connectivity index (χ0v) is 8.46. The van der Waals surface area contributed by atoms with Gasteiger partial charge in [-0.2, -0.15) is 0 Å². The van der Waals surface area contributed by atoms with Crippen LogP contribution in [0.25, 0.3) is 6.08 Å². The first-order chi connectivity index (χ1) is 6.20. The van der Waals surface area contributed by atoms with Crippen LogP contribution in [0.3, 0.4) is 0 Å². The fourth-order valence-corrected chi connectivity index (χ4v) is 1.71. The first-order valence-electron chi connectivity index (χ1n) is 3.68. The molecule has 66 valence electrons. The Balaban J connectivity index is 2.86. The highest BCUT2D eigenvalue weighted by molar-refractivity contribution is 9.10. The van der Waals surface area contributed by atoms with E-state index in [0.717, 1.165) is 9.69 Å². The highest BCUT2D eigenvalue weighted by atomic mass is 79.9. The Hall–Kier alpha value is -1.16. The second-order valence-electron chi connectivity index (χ2n) is 2.64. The van der Waals surface area contributed by atoms with Crippen molar-refractivity contribution in [2.45, 2.75) is 0 Å². The number of hydrogen-bond acceptors (Lipinski definition) is 2. The van der Waals surface area contributed by atoms with Gasteiger partial charge in [0.25, 0.3) is 5.91 Å². The van der Waals surface area contributed by atoms with Crippen molar-refractivity contribution in [3.63, 3.8) is 0 Å². The van der Waals surface area contributed by atoms with E-state index in [2.05, 4.69) is 20.9 Å². The maximum absolute atomic E-state index is 11.0. The van der Waals surface area contributed by atoms with Gasteiger partial charge in [0.05, 0.1) is 7.11 Å². The topological polar surface area (TPSA) is 38.7 Å². The molecule has 0 saturated carbocycles. The van der Waals surface area contributed by atoms with Crippen LogP contribution in [-0.4, -0.2) is 13.0 Å².